The highest BCUT2D eigenvalue weighted by molar-refractivity contribution is 5.68. The van der Waals surface area contributed by atoms with Gasteiger partial charge in [-0.1, -0.05) is 37.3 Å². The molecule has 4 heteroatoms. The van der Waals surface area contributed by atoms with Crippen LogP contribution in [-0.2, 0) is 11.3 Å². The van der Waals surface area contributed by atoms with Gasteiger partial charge in [-0.3, -0.25) is 4.90 Å². The number of benzene rings is 1. The molecule has 0 aromatic heterocycles. The lowest BCUT2D eigenvalue weighted by molar-refractivity contribution is 0.0363. The average Bonchev–Trinajstić information content (AvgIpc) is 2.43. The van der Waals surface area contributed by atoms with Crippen molar-refractivity contribution >= 4 is 6.09 Å². The highest BCUT2D eigenvalue weighted by Crippen LogP contribution is 2.24. The van der Waals surface area contributed by atoms with Crippen molar-refractivity contribution in [3.05, 3.63) is 35.9 Å². The zero-order chi connectivity index (χ0) is 17.0. The second kappa shape index (κ2) is 7.35. The van der Waals surface area contributed by atoms with Crippen LogP contribution in [0, 0.1) is 5.92 Å². The van der Waals surface area contributed by atoms with Crippen LogP contribution in [0.5, 0.6) is 0 Å². The molecule has 0 radical (unpaired) electrons. The van der Waals surface area contributed by atoms with Gasteiger partial charge >= 0.3 is 6.09 Å². The minimum atomic E-state index is -0.461. The maximum absolute atomic E-state index is 12.1. The van der Waals surface area contributed by atoms with Gasteiger partial charge in [0.2, 0.25) is 0 Å². The van der Waals surface area contributed by atoms with Crippen molar-refractivity contribution in [2.75, 3.05) is 6.54 Å². The molecule has 1 amide bonds. The molecule has 0 saturated carbocycles. The Morgan fingerprint density at radius 1 is 1.26 bits per heavy atom. The standard InChI is InChI=1S/C19H30N2O2/c1-14-11-17(20-18(22)23-19(3,4)5)15(2)21(12-14)13-16-9-7-6-8-10-16/h6-10,14-15,17H,11-13H2,1-5H3,(H,20,22)/t14-,15+,17+/m1/s1. The Bertz CT molecular complexity index is 510. The first-order chi connectivity index (χ1) is 10.7. The Balaban J connectivity index is 1.99. The zero-order valence-electron chi connectivity index (χ0n) is 15.0. The predicted octanol–water partition coefficient (Wildman–Crippen LogP) is 3.81. The van der Waals surface area contributed by atoms with Gasteiger partial charge in [0.15, 0.2) is 0 Å². The van der Waals surface area contributed by atoms with Crippen LogP contribution in [0.25, 0.3) is 0 Å². The molecule has 0 spiro atoms. The molecule has 2 rings (SSSR count). The van der Waals surface area contributed by atoms with Crippen molar-refractivity contribution in [3.63, 3.8) is 0 Å². The van der Waals surface area contributed by atoms with E-state index in [-0.39, 0.29) is 12.1 Å². The lowest BCUT2D eigenvalue weighted by Gasteiger charge is -2.42. The lowest BCUT2D eigenvalue weighted by Crippen LogP contribution is -2.56. The quantitative estimate of drug-likeness (QED) is 0.921. The summed E-state index contributed by atoms with van der Waals surface area (Å²) in [6.45, 7) is 12.1. The minimum absolute atomic E-state index is 0.123. The summed E-state index contributed by atoms with van der Waals surface area (Å²) in [6, 6.07) is 10.9. The summed E-state index contributed by atoms with van der Waals surface area (Å²) in [5.41, 5.74) is 0.849. The van der Waals surface area contributed by atoms with E-state index in [9.17, 15) is 4.79 Å². The van der Waals surface area contributed by atoms with E-state index in [2.05, 4.69) is 48.3 Å². The molecule has 0 aliphatic carbocycles. The van der Waals surface area contributed by atoms with E-state index in [0.717, 1.165) is 19.5 Å². The number of hydrogen-bond acceptors (Lipinski definition) is 3. The summed E-state index contributed by atoms with van der Waals surface area (Å²) in [5, 5.41) is 3.07. The van der Waals surface area contributed by atoms with Gasteiger partial charge in [-0.15, -0.1) is 0 Å². The van der Waals surface area contributed by atoms with Gasteiger partial charge in [-0.25, -0.2) is 4.79 Å². The van der Waals surface area contributed by atoms with Crippen molar-refractivity contribution in [3.8, 4) is 0 Å². The van der Waals surface area contributed by atoms with Crippen LogP contribution in [0.3, 0.4) is 0 Å². The summed E-state index contributed by atoms with van der Waals surface area (Å²) >= 11 is 0. The molecule has 1 saturated heterocycles. The molecular weight excluding hydrogens is 288 g/mol. The summed E-state index contributed by atoms with van der Waals surface area (Å²) in [5.74, 6) is 0.551. The average molecular weight is 318 g/mol. The van der Waals surface area contributed by atoms with Crippen LogP contribution in [0.4, 0.5) is 4.79 Å². The molecule has 1 aromatic rings. The molecule has 1 fully saturated rings. The Labute approximate surface area is 140 Å². The summed E-state index contributed by atoms with van der Waals surface area (Å²) in [7, 11) is 0. The van der Waals surface area contributed by atoms with Crippen LogP contribution < -0.4 is 5.32 Å². The van der Waals surface area contributed by atoms with Crippen molar-refractivity contribution in [2.45, 2.75) is 65.3 Å². The van der Waals surface area contributed by atoms with Gasteiger partial charge in [-0.05, 0) is 45.6 Å². The second-order valence-electron chi connectivity index (χ2n) is 7.75. The van der Waals surface area contributed by atoms with Gasteiger partial charge in [0.1, 0.15) is 5.60 Å². The molecule has 4 nitrogen and oxygen atoms in total. The van der Waals surface area contributed by atoms with E-state index in [1.54, 1.807) is 0 Å². The molecule has 0 unspecified atom stereocenters. The van der Waals surface area contributed by atoms with Crippen molar-refractivity contribution in [1.29, 1.82) is 0 Å². The fourth-order valence-electron chi connectivity index (χ4n) is 3.19. The number of likely N-dealkylation sites (tertiary alicyclic amines) is 1. The maximum Gasteiger partial charge on any atom is 0.407 e. The summed E-state index contributed by atoms with van der Waals surface area (Å²) in [4.78, 5) is 14.5. The highest BCUT2D eigenvalue weighted by Gasteiger charge is 2.33. The number of nitrogens with zero attached hydrogens (tertiary/aromatic N) is 1. The SMILES string of the molecule is C[C@@H]1C[C@H](NC(=O)OC(C)(C)C)[C@H](C)N(Cc2ccccc2)C1. The molecule has 1 N–H and O–H groups in total. The molecule has 1 aliphatic heterocycles. The number of alkyl carbamates (subject to hydrolysis) is 1. The van der Waals surface area contributed by atoms with Gasteiger partial charge < -0.3 is 10.1 Å². The van der Waals surface area contributed by atoms with Gasteiger partial charge in [0.05, 0.1) is 0 Å². The van der Waals surface area contributed by atoms with Crippen LogP contribution in [0.2, 0.25) is 0 Å². The Morgan fingerprint density at radius 2 is 1.91 bits per heavy atom. The Kier molecular flexibility index (Phi) is 5.69. The predicted molar refractivity (Wildman–Crippen MR) is 93.3 cm³/mol. The smallest absolute Gasteiger partial charge is 0.407 e. The molecule has 23 heavy (non-hydrogen) atoms. The number of piperidine rings is 1. The van der Waals surface area contributed by atoms with E-state index in [0.29, 0.717) is 12.0 Å². The monoisotopic (exact) mass is 318 g/mol. The van der Waals surface area contributed by atoms with Crippen LogP contribution in [0.15, 0.2) is 30.3 Å². The fourth-order valence-corrected chi connectivity index (χ4v) is 3.19. The van der Waals surface area contributed by atoms with E-state index in [1.807, 2.05) is 26.8 Å². The van der Waals surface area contributed by atoms with Crippen molar-refractivity contribution < 1.29 is 9.53 Å². The third-order valence-electron chi connectivity index (χ3n) is 4.29. The van der Waals surface area contributed by atoms with E-state index in [1.165, 1.54) is 5.56 Å². The molecule has 0 bridgehead atoms. The van der Waals surface area contributed by atoms with Gasteiger partial charge in [0, 0.05) is 25.2 Å². The highest BCUT2D eigenvalue weighted by atomic mass is 16.6. The molecule has 1 aromatic carbocycles. The van der Waals surface area contributed by atoms with E-state index in [4.69, 9.17) is 4.74 Å². The van der Waals surface area contributed by atoms with Crippen LogP contribution in [-0.4, -0.2) is 35.2 Å². The molecule has 1 heterocycles. The summed E-state index contributed by atoms with van der Waals surface area (Å²) in [6.07, 6.45) is 0.675. The molecule has 128 valence electrons. The zero-order valence-corrected chi connectivity index (χ0v) is 15.0. The van der Waals surface area contributed by atoms with E-state index >= 15 is 0 Å². The third-order valence-corrected chi connectivity index (χ3v) is 4.29. The first-order valence-corrected chi connectivity index (χ1v) is 8.52. The van der Waals surface area contributed by atoms with Crippen LogP contribution >= 0.6 is 0 Å². The third kappa shape index (κ3) is 5.54. The lowest BCUT2D eigenvalue weighted by atomic mass is 9.90. The fraction of sp³-hybridized carbons (Fsp3) is 0.632. The minimum Gasteiger partial charge on any atom is -0.444 e. The number of ether oxygens (including phenoxy) is 1. The number of carbonyl (C=O) groups excluding carboxylic acids is 1. The number of nitrogens with one attached hydrogen (secondary N) is 1. The number of rotatable bonds is 3. The second-order valence-corrected chi connectivity index (χ2v) is 7.75. The largest absolute Gasteiger partial charge is 0.444 e. The maximum atomic E-state index is 12.1. The normalized spacial score (nSPS) is 25.9. The molecule has 3 atom stereocenters. The first-order valence-electron chi connectivity index (χ1n) is 8.52. The molecular formula is C19H30N2O2. The topological polar surface area (TPSA) is 41.6 Å². The Morgan fingerprint density at radius 3 is 2.52 bits per heavy atom. The van der Waals surface area contributed by atoms with Crippen LogP contribution in [0.1, 0.15) is 46.6 Å². The first kappa shape index (κ1) is 17.8. The number of hydrogen-bond donors (Lipinski definition) is 1. The number of carbonyl (C=O) groups is 1. The molecule has 1 aliphatic rings. The summed E-state index contributed by atoms with van der Waals surface area (Å²) < 4.78 is 5.41. The van der Waals surface area contributed by atoms with Gasteiger partial charge in [-0.2, -0.15) is 0 Å². The van der Waals surface area contributed by atoms with Crippen molar-refractivity contribution in [1.82, 2.24) is 10.2 Å². The Hall–Kier alpha value is -1.55. The van der Waals surface area contributed by atoms with Gasteiger partial charge in [0.25, 0.3) is 0 Å². The number of amides is 1. The van der Waals surface area contributed by atoms with E-state index < -0.39 is 5.60 Å². The van der Waals surface area contributed by atoms with Crippen molar-refractivity contribution in [2.24, 2.45) is 5.92 Å².